The second kappa shape index (κ2) is 5.61. The van der Waals surface area contributed by atoms with Crippen molar-refractivity contribution in [1.82, 2.24) is 5.32 Å². The molecule has 1 aromatic carbocycles. The average molecular weight is 263 g/mol. The zero-order chi connectivity index (χ0) is 14.0. The normalized spacial score (nSPS) is 22.5. The van der Waals surface area contributed by atoms with Gasteiger partial charge in [-0.15, -0.1) is 0 Å². The van der Waals surface area contributed by atoms with Crippen LogP contribution in [0.4, 0.5) is 0 Å². The molecule has 1 heterocycles. The molecule has 19 heavy (non-hydrogen) atoms. The molecule has 0 fully saturated rings. The summed E-state index contributed by atoms with van der Waals surface area (Å²) < 4.78 is 10.8. The molecule has 0 bridgehead atoms. The van der Waals surface area contributed by atoms with Crippen molar-refractivity contribution in [2.75, 3.05) is 13.7 Å². The lowest BCUT2D eigenvalue weighted by Crippen LogP contribution is -2.35. The lowest BCUT2D eigenvalue weighted by atomic mass is 9.97. The number of benzene rings is 1. The number of hydrogen-bond acceptors (Lipinski definition) is 3. The number of hydrogen-bond donors (Lipinski definition) is 1. The van der Waals surface area contributed by atoms with Crippen LogP contribution in [0.25, 0.3) is 0 Å². The Morgan fingerprint density at radius 1 is 1.47 bits per heavy atom. The van der Waals surface area contributed by atoms with Gasteiger partial charge in [0.05, 0.1) is 12.2 Å². The third-order valence-electron chi connectivity index (χ3n) is 3.58. The fraction of sp³-hybridized carbons (Fsp3) is 0.533. The molecule has 0 aliphatic carbocycles. The van der Waals surface area contributed by atoms with E-state index in [9.17, 15) is 4.79 Å². The lowest BCUT2D eigenvalue weighted by molar-refractivity contribution is 0.0900. The zero-order valence-electron chi connectivity index (χ0n) is 11.9. The minimum absolute atomic E-state index is 0.0235. The molecule has 1 aromatic rings. The summed E-state index contributed by atoms with van der Waals surface area (Å²) in [5.74, 6) is 0.937. The van der Waals surface area contributed by atoms with E-state index in [-0.39, 0.29) is 18.1 Å². The molecule has 3 atom stereocenters. The summed E-state index contributed by atoms with van der Waals surface area (Å²) in [6, 6.07) is 5.72. The van der Waals surface area contributed by atoms with Gasteiger partial charge in [0.15, 0.2) is 0 Å². The van der Waals surface area contributed by atoms with Gasteiger partial charge >= 0.3 is 0 Å². The Labute approximate surface area is 114 Å². The van der Waals surface area contributed by atoms with Crippen LogP contribution in [0.2, 0.25) is 0 Å². The highest BCUT2D eigenvalue weighted by atomic mass is 16.5. The highest BCUT2D eigenvalue weighted by Gasteiger charge is 2.31. The van der Waals surface area contributed by atoms with E-state index in [4.69, 9.17) is 9.47 Å². The molecule has 0 aromatic heterocycles. The van der Waals surface area contributed by atoms with Gasteiger partial charge in [-0.05, 0) is 19.9 Å². The summed E-state index contributed by atoms with van der Waals surface area (Å²) in [7, 11) is 1.62. The molecule has 0 saturated carbocycles. The van der Waals surface area contributed by atoms with Crippen molar-refractivity contribution >= 4 is 5.91 Å². The Morgan fingerprint density at radius 3 is 2.89 bits per heavy atom. The summed E-state index contributed by atoms with van der Waals surface area (Å²) in [5.41, 5.74) is 1.72. The van der Waals surface area contributed by atoms with Crippen molar-refractivity contribution in [3.8, 4) is 5.75 Å². The minimum Gasteiger partial charge on any atom is -0.489 e. The summed E-state index contributed by atoms with van der Waals surface area (Å²) in [6.45, 7) is 6.55. The van der Waals surface area contributed by atoms with Crippen molar-refractivity contribution in [3.63, 3.8) is 0 Å². The van der Waals surface area contributed by atoms with E-state index in [1.165, 1.54) is 0 Å². The Kier molecular flexibility index (Phi) is 4.10. The Balaban J connectivity index is 2.21. The van der Waals surface area contributed by atoms with Gasteiger partial charge < -0.3 is 14.8 Å². The van der Waals surface area contributed by atoms with Gasteiger partial charge in [0.2, 0.25) is 0 Å². The summed E-state index contributed by atoms with van der Waals surface area (Å²) in [6.07, 6.45) is 0.111. The van der Waals surface area contributed by atoms with Crippen LogP contribution in [0.3, 0.4) is 0 Å². The number of carbonyl (C=O) groups excluding carboxylic acids is 1. The van der Waals surface area contributed by atoms with Gasteiger partial charge in [0, 0.05) is 24.6 Å². The fourth-order valence-electron chi connectivity index (χ4n) is 2.36. The summed E-state index contributed by atoms with van der Waals surface area (Å²) >= 11 is 0. The number of amides is 1. The van der Waals surface area contributed by atoms with Gasteiger partial charge in [0.25, 0.3) is 5.91 Å². The second-order valence-electron chi connectivity index (χ2n) is 5.17. The molecule has 4 heteroatoms. The number of para-hydroxylation sites is 1. The number of ether oxygens (including phenoxy) is 2. The molecule has 0 radical (unpaired) electrons. The Bertz CT molecular complexity index is 472. The SMILES string of the molecule is COCC(C)NC(=O)c1cccc2c1OC(C)C2C. The molecule has 2 rings (SSSR count). The van der Waals surface area contributed by atoms with Crippen LogP contribution in [0.1, 0.15) is 42.6 Å². The minimum atomic E-state index is -0.109. The van der Waals surface area contributed by atoms with Crippen LogP contribution < -0.4 is 10.1 Å². The number of carbonyl (C=O) groups is 1. The predicted molar refractivity (Wildman–Crippen MR) is 73.8 cm³/mol. The fourth-order valence-corrected chi connectivity index (χ4v) is 2.36. The van der Waals surface area contributed by atoms with E-state index in [0.29, 0.717) is 18.1 Å². The van der Waals surface area contributed by atoms with Crippen molar-refractivity contribution in [1.29, 1.82) is 0 Å². The van der Waals surface area contributed by atoms with Gasteiger partial charge in [-0.1, -0.05) is 19.1 Å². The Morgan fingerprint density at radius 2 is 2.21 bits per heavy atom. The van der Waals surface area contributed by atoms with Crippen LogP contribution in [0.15, 0.2) is 18.2 Å². The van der Waals surface area contributed by atoms with Gasteiger partial charge in [-0.3, -0.25) is 4.79 Å². The van der Waals surface area contributed by atoms with Crippen molar-refractivity contribution in [3.05, 3.63) is 29.3 Å². The van der Waals surface area contributed by atoms with Crippen LogP contribution in [-0.4, -0.2) is 31.8 Å². The van der Waals surface area contributed by atoms with Crippen molar-refractivity contribution in [2.45, 2.75) is 38.8 Å². The van der Waals surface area contributed by atoms with Crippen LogP contribution >= 0.6 is 0 Å². The maximum absolute atomic E-state index is 12.3. The number of nitrogens with one attached hydrogen (secondary N) is 1. The molecule has 4 nitrogen and oxygen atoms in total. The molecule has 1 N–H and O–H groups in total. The van der Waals surface area contributed by atoms with E-state index in [1.54, 1.807) is 13.2 Å². The molecular weight excluding hydrogens is 242 g/mol. The smallest absolute Gasteiger partial charge is 0.255 e. The summed E-state index contributed by atoms with van der Waals surface area (Å²) in [5, 5.41) is 2.91. The maximum Gasteiger partial charge on any atom is 0.255 e. The first kappa shape index (κ1) is 13.9. The molecule has 1 amide bonds. The highest BCUT2D eigenvalue weighted by molar-refractivity contribution is 5.97. The first-order chi connectivity index (χ1) is 9.04. The van der Waals surface area contributed by atoms with Crippen LogP contribution in [0.5, 0.6) is 5.75 Å². The van der Waals surface area contributed by atoms with E-state index < -0.39 is 0 Å². The number of fused-ring (bicyclic) bond motifs is 1. The second-order valence-corrected chi connectivity index (χ2v) is 5.17. The van der Waals surface area contributed by atoms with Crippen LogP contribution in [-0.2, 0) is 4.74 Å². The third kappa shape index (κ3) is 2.73. The number of methoxy groups -OCH3 is 1. The van der Waals surface area contributed by atoms with E-state index in [1.807, 2.05) is 26.0 Å². The molecule has 3 unspecified atom stereocenters. The number of rotatable bonds is 4. The van der Waals surface area contributed by atoms with Gasteiger partial charge in [-0.25, -0.2) is 0 Å². The van der Waals surface area contributed by atoms with Crippen molar-refractivity contribution in [2.24, 2.45) is 0 Å². The quantitative estimate of drug-likeness (QED) is 0.907. The van der Waals surface area contributed by atoms with Crippen molar-refractivity contribution < 1.29 is 14.3 Å². The van der Waals surface area contributed by atoms with Gasteiger partial charge in [-0.2, -0.15) is 0 Å². The van der Waals surface area contributed by atoms with E-state index >= 15 is 0 Å². The Hall–Kier alpha value is -1.55. The molecule has 104 valence electrons. The third-order valence-corrected chi connectivity index (χ3v) is 3.58. The largest absolute Gasteiger partial charge is 0.489 e. The molecule has 1 aliphatic heterocycles. The first-order valence-electron chi connectivity index (χ1n) is 6.64. The van der Waals surface area contributed by atoms with Crippen LogP contribution in [0, 0.1) is 0 Å². The first-order valence-corrected chi connectivity index (χ1v) is 6.64. The summed E-state index contributed by atoms with van der Waals surface area (Å²) in [4.78, 5) is 12.3. The van der Waals surface area contributed by atoms with E-state index in [0.717, 1.165) is 11.3 Å². The van der Waals surface area contributed by atoms with E-state index in [2.05, 4.69) is 12.2 Å². The monoisotopic (exact) mass is 263 g/mol. The highest BCUT2D eigenvalue weighted by Crippen LogP contribution is 2.40. The zero-order valence-corrected chi connectivity index (χ0v) is 11.9. The topological polar surface area (TPSA) is 47.6 Å². The standard InChI is InChI=1S/C15H21NO3/c1-9(8-18-4)16-15(17)13-7-5-6-12-10(2)11(3)19-14(12)13/h5-7,9-11H,8H2,1-4H3,(H,16,17). The molecule has 0 saturated heterocycles. The average Bonchev–Trinajstić information content (AvgIpc) is 2.65. The predicted octanol–water partition coefficient (Wildman–Crippen LogP) is 2.34. The molecular formula is C15H21NO3. The molecule has 0 spiro atoms. The van der Waals surface area contributed by atoms with Gasteiger partial charge in [0.1, 0.15) is 11.9 Å². The lowest BCUT2D eigenvalue weighted by Gasteiger charge is -2.14. The maximum atomic E-state index is 12.3. The molecule has 1 aliphatic rings.